The summed E-state index contributed by atoms with van der Waals surface area (Å²) in [5.74, 6) is 0. The van der Waals surface area contributed by atoms with Crippen LogP contribution in [0.3, 0.4) is 0 Å². The number of halogens is 1. The van der Waals surface area contributed by atoms with Crippen molar-refractivity contribution in [3.8, 4) is 0 Å². The Bertz CT molecular complexity index is 510. The van der Waals surface area contributed by atoms with E-state index in [0.29, 0.717) is 5.39 Å². The molecular weight excluding hydrogens is 293 g/mol. The smallest absolute Gasteiger partial charge is 0.258 e. The molecule has 0 atom stereocenters. The molecular formula is C10H6INO2. The number of non-ortho nitro benzene ring substituents is 1. The van der Waals surface area contributed by atoms with E-state index < -0.39 is 0 Å². The van der Waals surface area contributed by atoms with Crippen molar-refractivity contribution >= 4 is 39.1 Å². The second-order valence-electron chi connectivity index (χ2n) is 2.87. The summed E-state index contributed by atoms with van der Waals surface area (Å²) in [4.78, 5) is 10.4. The van der Waals surface area contributed by atoms with Gasteiger partial charge in [0, 0.05) is 15.0 Å². The van der Waals surface area contributed by atoms with Crippen molar-refractivity contribution in [1.82, 2.24) is 0 Å². The molecule has 0 fully saturated rings. The fourth-order valence-corrected chi connectivity index (χ4v) is 2.06. The van der Waals surface area contributed by atoms with Gasteiger partial charge in [-0.15, -0.1) is 0 Å². The van der Waals surface area contributed by atoms with Crippen LogP contribution in [0.25, 0.3) is 10.8 Å². The summed E-state index contributed by atoms with van der Waals surface area (Å²) in [5.41, 5.74) is 0.168. The van der Waals surface area contributed by atoms with Crippen LogP contribution in [-0.4, -0.2) is 4.92 Å². The largest absolute Gasteiger partial charge is 0.277 e. The van der Waals surface area contributed by atoms with Crippen molar-refractivity contribution in [3.05, 3.63) is 50.1 Å². The van der Waals surface area contributed by atoms with Crippen molar-refractivity contribution in [1.29, 1.82) is 0 Å². The third kappa shape index (κ3) is 1.45. The number of benzene rings is 2. The van der Waals surface area contributed by atoms with Gasteiger partial charge in [0.05, 0.1) is 10.3 Å². The van der Waals surface area contributed by atoms with Crippen molar-refractivity contribution in [2.45, 2.75) is 0 Å². The van der Waals surface area contributed by atoms with Crippen LogP contribution in [0, 0.1) is 13.7 Å². The Morgan fingerprint density at radius 2 is 1.71 bits per heavy atom. The highest BCUT2D eigenvalue weighted by atomic mass is 127. The molecule has 0 aliphatic carbocycles. The van der Waals surface area contributed by atoms with E-state index in [0.717, 1.165) is 8.96 Å². The molecule has 0 unspecified atom stereocenters. The molecule has 0 bridgehead atoms. The molecule has 0 heterocycles. The number of fused-ring (bicyclic) bond motifs is 1. The first-order valence-corrected chi connectivity index (χ1v) is 5.09. The topological polar surface area (TPSA) is 43.1 Å². The van der Waals surface area contributed by atoms with E-state index in [9.17, 15) is 10.1 Å². The minimum absolute atomic E-state index is 0.168. The first-order valence-electron chi connectivity index (χ1n) is 4.02. The molecule has 4 heteroatoms. The predicted molar refractivity (Wildman–Crippen MR) is 63.3 cm³/mol. The summed E-state index contributed by atoms with van der Waals surface area (Å²) in [6.07, 6.45) is 0. The van der Waals surface area contributed by atoms with Crippen LogP contribution in [0.2, 0.25) is 0 Å². The summed E-state index contributed by atoms with van der Waals surface area (Å²) in [6.45, 7) is 0. The standard InChI is InChI=1S/C10H6INO2/c11-9-5-6-10(12(13)14)8-4-2-1-3-7(8)9/h1-6H. The first kappa shape index (κ1) is 9.39. The van der Waals surface area contributed by atoms with Crippen LogP contribution in [0.15, 0.2) is 36.4 Å². The van der Waals surface area contributed by atoms with E-state index in [1.54, 1.807) is 18.2 Å². The van der Waals surface area contributed by atoms with Crippen molar-refractivity contribution in [3.63, 3.8) is 0 Å². The van der Waals surface area contributed by atoms with E-state index in [1.165, 1.54) is 0 Å². The average Bonchev–Trinajstić information content (AvgIpc) is 2.18. The van der Waals surface area contributed by atoms with Gasteiger partial charge in [-0.25, -0.2) is 0 Å². The Kier molecular flexibility index (Phi) is 2.37. The normalized spacial score (nSPS) is 10.4. The van der Waals surface area contributed by atoms with Crippen LogP contribution >= 0.6 is 22.6 Å². The number of nitrogens with zero attached hydrogens (tertiary/aromatic N) is 1. The first-order chi connectivity index (χ1) is 6.70. The SMILES string of the molecule is O=[N+]([O-])c1ccc(I)c2ccccc12. The number of nitro benzene ring substituents is 1. The zero-order chi connectivity index (χ0) is 10.1. The Balaban J connectivity index is 2.88. The lowest BCUT2D eigenvalue weighted by atomic mass is 10.1. The molecule has 0 aromatic heterocycles. The molecule has 0 aliphatic rings. The fraction of sp³-hybridized carbons (Fsp3) is 0. The number of hydrogen-bond donors (Lipinski definition) is 0. The molecule has 0 amide bonds. The molecule has 2 rings (SSSR count). The van der Waals surface area contributed by atoms with Crippen molar-refractivity contribution < 1.29 is 4.92 Å². The molecule has 0 aliphatic heterocycles. The Hall–Kier alpha value is -1.17. The maximum Gasteiger partial charge on any atom is 0.277 e. The number of nitro groups is 1. The summed E-state index contributed by atoms with van der Waals surface area (Å²) in [6, 6.07) is 10.7. The van der Waals surface area contributed by atoms with E-state index >= 15 is 0 Å². The van der Waals surface area contributed by atoms with Gasteiger partial charge in [0.1, 0.15) is 0 Å². The van der Waals surface area contributed by atoms with Gasteiger partial charge >= 0.3 is 0 Å². The molecule has 14 heavy (non-hydrogen) atoms. The molecule has 70 valence electrons. The van der Waals surface area contributed by atoms with Crippen LogP contribution in [-0.2, 0) is 0 Å². The molecule has 0 radical (unpaired) electrons. The molecule has 2 aromatic rings. The summed E-state index contributed by atoms with van der Waals surface area (Å²) >= 11 is 2.18. The molecule has 0 saturated carbocycles. The molecule has 0 saturated heterocycles. The second kappa shape index (κ2) is 3.53. The summed E-state index contributed by atoms with van der Waals surface area (Å²) < 4.78 is 1.03. The van der Waals surface area contributed by atoms with Crippen molar-refractivity contribution in [2.75, 3.05) is 0 Å². The van der Waals surface area contributed by atoms with Gasteiger partial charge < -0.3 is 0 Å². The highest BCUT2D eigenvalue weighted by molar-refractivity contribution is 14.1. The van der Waals surface area contributed by atoms with E-state index in [-0.39, 0.29) is 10.6 Å². The molecule has 0 N–H and O–H groups in total. The van der Waals surface area contributed by atoms with E-state index in [4.69, 9.17) is 0 Å². The summed E-state index contributed by atoms with van der Waals surface area (Å²) in [7, 11) is 0. The average molecular weight is 299 g/mol. The van der Waals surface area contributed by atoms with Gasteiger partial charge in [-0.3, -0.25) is 10.1 Å². The monoisotopic (exact) mass is 299 g/mol. The highest BCUT2D eigenvalue weighted by Gasteiger charge is 2.11. The fourth-order valence-electron chi connectivity index (χ4n) is 1.41. The zero-order valence-electron chi connectivity index (χ0n) is 7.11. The van der Waals surface area contributed by atoms with E-state index in [1.807, 2.05) is 18.2 Å². The molecule has 0 spiro atoms. The van der Waals surface area contributed by atoms with Gasteiger partial charge in [0.25, 0.3) is 5.69 Å². The summed E-state index contributed by atoms with van der Waals surface area (Å²) in [5, 5.41) is 12.4. The Labute approximate surface area is 94.0 Å². The third-order valence-electron chi connectivity index (χ3n) is 2.04. The van der Waals surface area contributed by atoms with Crippen LogP contribution < -0.4 is 0 Å². The lowest BCUT2D eigenvalue weighted by Crippen LogP contribution is -1.90. The Morgan fingerprint density at radius 1 is 1.07 bits per heavy atom. The quantitative estimate of drug-likeness (QED) is 0.460. The molecule has 3 nitrogen and oxygen atoms in total. The predicted octanol–water partition coefficient (Wildman–Crippen LogP) is 3.35. The van der Waals surface area contributed by atoms with Crippen LogP contribution in [0.1, 0.15) is 0 Å². The second-order valence-corrected chi connectivity index (χ2v) is 4.03. The van der Waals surface area contributed by atoms with Gasteiger partial charge in [0.2, 0.25) is 0 Å². The minimum atomic E-state index is -0.349. The molecule has 2 aromatic carbocycles. The van der Waals surface area contributed by atoms with Gasteiger partial charge in [-0.1, -0.05) is 18.2 Å². The van der Waals surface area contributed by atoms with Gasteiger partial charge in [-0.2, -0.15) is 0 Å². The van der Waals surface area contributed by atoms with Gasteiger partial charge in [-0.05, 0) is 34.7 Å². The Morgan fingerprint density at radius 3 is 2.36 bits per heavy atom. The maximum absolute atomic E-state index is 10.7. The third-order valence-corrected chi connectivity index (χ3v) is 2.99. The van der Waals surface area contributed by atoms with Crippen LogP contribution in [0.4, 0.5) is 5.69 Å². The lowest BCUT2D eigenvalue weighted by molar-refractivity contribution is -0.383. The maximum atomic E-state index is 10.7. The van der Waals surface area contributed by atoms with Crippen molar-refractivity contribution in [2.24, 2.45) is 0 Å². The van der Waals surface area contributed by atoms with E-state index in [2.05, 4.69) is 22.6 Å². The highest BCUT2D eigenvalue weighted by Crippen LogP contribution is 2.28. The minimum Gasteiger partial charge on any atom is -0.258 e. The lowest BCUT2D eigenvalue weighted by Gasteiger charge is -2.00. The zero-order valence-corrected chi connectivity index (χ0v) is 9.26. The van der Waals surface area contributed by atoms with Crippen LogP contribution in [0.5, 0.6) is 0 Å². The number of rotatable bonds is 1. The van der Waals surface area contributed by atoms with Gasteiger partial charge in [0.15, 0.2) is 0 Å². The number of hydrogen-bond acceptors (Lipinski definition) is 2.